The lowest BCUT2D eigenvalue weighted by Crippen LogP contribution is -2.52. The van der Waals surface area contributed by atoms with Gasteiger partial charge in [-0.1, -0.05) is 11.6 Å². The number of esters is 1. The number of benzene rings is 2. The molecule has 2 aromatic rings. The van der Waals surface area contributed by atoms with Gasteiger partial charge in [0.15, 0.2) is 0 Å². The summed E-state index contributed by atoms with van der Waals surface area (Å²) in [6, 6.07) is 9.54. The van der Waals surface area contributed by atoms with E-state index in [0.29, 0.717) is 23.6 Å². The summed E-state index contributed by atoms with van der Waals surface area (Å²) in [6.07, 6.45) is 1.85. The highest BCUT2D eigenvalue weighted by Gasteiger charge is 2.49. The van der Waals surface area contributed by atoms with Gasteiger partial charge in [0.05, 0.1) is 18.0 Å². The van der Waals surface area contributed by atoms with Gasteiger partial charge in [0, 0.05) is 18.1 Å². The first-order chi connectivity index (χ1) is 14.7. The molecule has 0 atom stereocenters. The summed E-state index contributed by atoms with van der Waals surface area (Å²) in [7, 11) is -2.68. The van der Waals surface area contributed by atoms with Crippen molar-refractivity contribution in [2.24, 2.45) is 0 Å². The molecule has 8 nitrogen and oxygen atoms in total. The van der Waals surface area contributed by atoms with Crippen molar-refractivity contribution in [3.8, 4) is 5.75 Å². The number of halogens is 1. The topological polar surface area (TPSA) is 93.2 Å². The van der Waals surface area contributed by atoms with E-state index in [1.807, 2.05) is 0 Å². The van der Waals surface area contributed by atoms with E-state index < -0.39 is 27.6 Å². The lowest BCUT2D eigenvalue weighted by Gasteiger charge is -2.39. The first-order valence-electron chi connectivity index (χ1n) is 9.78. The maximum absolute atomic E-state index is 13.2. The van der Waals surface area contributed by atoms with Crippen LogP contribution in [0.25, 0.3) is 0 Å². The highest BCUT2D eigenvalue weighted by Crippen LogP contribution is 2.42. The standard InChI is InChI=1S/C21H21ClN2O6S/c1-3-29-19(25)21(11-4-12-21)30-16-9-10-18-17(13-16)23(2)20(26)24(31(18,27)28)15-7-5-14(22)6-8-15/h5-10,13H,3-4,11-12H2,1-2H3. The first-order valence-corrected chi connectivity index (χ1v) is 11.6. The monoisotopic (exact) mass is 464 g/mol. The zero-order valence-electron chi connectivity index (χ0n) is 17.0. The molecule has 1 heterocycles. The summed E-state index contributed by atoms with van der Waals surface area (Å²) in [4.78, 5) is 26.5. The summed E-state index contributed by atoms with van der Waals surface area (Å²) in [5.41, 5.74) is -0.718. The van der Waals surface area contributed by atoms with Crippen molar-refractivity contribution in [1.29, 1.82) is 0 Å². The third-order valence-corrected chi connectivity index (χ3v) is 7.45. The summed E-state index contributed by atoms with van der Waals surface area (Å²) in [5.74, 6) is -0.147. The van der Waals surface area contributed by atoms with Crippen molar-refractivity contribution >= 4 is 45.0 Å². The lowest BCUT2D eigenvalue weighted by atomic mass is 9.80. The predicted octanol–water partition coefficient (Wildman–Crippen LogP) is 3.97. The summed E-state index contributed by atoms with van der Waals surface area (Å²) in [6.45, 7) is 1.96. The zero-order chi connectivity index (χ0) is 22.4. The second kappa shape index (κ2) is 7.72. The van der Waals surface area contributed by atoms with E-state index in [4.69, 9.17) is 21.1 Å². The van der Waals surface area contributed by atoms with Gasteiger partial charge in [0.25, 0.3) is 10.0 Å². The Balaban J connectivity index is 1.71. The highest BCUT2D eigenvalue weighted by molar-refractivity contribution is 7.94. The molecule has 2 aromatic carbocycles. The van der Waals surface area contributed by atoms with Crippen molar-refractivity contribution in [3.63, 3.8) is 0 Å². The van der Waals surface area contributed by atoms with Crippen LogP contribution in [0.2, 0.25) is 5.02 Å². The molecule has 0 N–H and O–H groups in total. The fraction of sp³-hybridized carbons (Fsp3) is 0.333. The molecular weight excluding hydrogens is 444 g/mol. The fourth-order valence-electron chi connectivity index (χ4n) is 3.64. The molecule has 0 spiro atoms. The number of carbonyl (C=O) groups excluding carboxylic acids is 2. The molecule has 31 heavy (non-hydrogen) atoms. The average molecular weight is 465 g/mol. The van der Waals surface area contributed by atoms with Gasteiger partial charge in [0.1, 0.15) is 10.6 Å². The Morgan fingerprint density at radius 3 is 2.42 bits per heavy atom. The minimum Gasteiger partial charge on any atom is -0.475 e. The Hall–Kier alpha value is -2.78. The number of amides is 2. The largest absolute Gasteiger partial charge is 0.475 e. The van der Waals surface area contributed by atoms with Crippen LogP contribution in [0.1, 0.15) is 26.2 Å². The third-order valence-electron chi connectivity index (χ3n) is 5.45. The van der Waals surface area contributed by atoms with Crippen molar-refractivity contribution in [2.75, 3.05) is 22.9 Å². The maximum Gasteiger partial charge on any atom is 0.350 e. The Morgan fingerprint density at radius 2 is 1.84 bits per heavy atom. The predicted molar refractivity (Wildman–Crippen MR) is 115 cm³/mol. The van der Waals surface area contributed by atoms with E-state index in [2.05, 4.69) is 0 Å². The number of anilines is 2. The van der Waals surface area contributed by atoms with Crippen molar-refractivity contribution in [1.82, 2.24) is 0 Å². The van der Waals surface area contributed by atoms with Crippen LogP contribution in [0.4, 0.5) is 16.2 Å². The van der Waals surface area contributed by atoms with E-state index in [1.165, 1.54) is 54.4 Å². The van der Waals surface area contributed by atoms with Gasteiger partial charge in [-0.2, -0.15) is 4.31 Å². The van der Waals surface area contributed by atoms with Crippen molar-refractivity contribution in [2.45, 2.75) is 36.7 Å². The number of hydrogen-bond donors (Lipinski definition) is 0. The number of hydrogen-bond acceptors (Lipinski definition) is 6. The molecule has 1 aliphatic carbocycles. The number of rotatable bonds is 5. The third kappa shape index (κ3) is 3.51. The van der Waals surface area contributed by atoms with Crippen LogP contribution in [0.15, 0.2) is 47.4 Å². The van der Waals surface area contributed by atoms with Crippen LogP contribution in [-0.4, -0.2) is 39.7 Å². The van der Waals surface area contributed by atoms with Gasteiger partial charge in [0.2, 0.25) is 5.60 Å². The zero-order valence-corrected chi connectivity index (χ0v) is 18.6. The summed E-state index contributed by atoms with van der Waals surface area (Å²) in [5, 5.41) is 0.424. The van der Waals surface area contributed by atoms with Gasteiger partial charge >= 0.3 is 12.0 Å². The molecule has 2 amide bonds. The second-order valence-electron chi connectivity index (χ2n) is 7.39. The minimum atomic E-state index is -4.16. The molecule has 2 aliphatic rings. The molecule has 1 aliphatic heterocycles. The van der Waals surface area contributed by atoms with Crippen LogP contribution in [0.5, 0.6) is 5.75 Å². The van der Waals surface area contributed by atoms with Gasteiger partial charge in [-0.15, -0.1) is 0 Å². The quantitative estimate of drug-likeness (QED) is 0.621. The minimum absolute atomic E-state index is 0.0457. The van der Waals surface area contributed by atoms with Gasteiger partial charge in [-0.25, -0.2) is 18.0 Å². The smallest absolute Gasteiger partial charge is 0.350 e. The van der Waals surface area contributed by atoms with Gasteiger partial charge < -0.3 is 9.47 Å². The molecule has 0 bridgehead atoms. The molecule has 0 radical (unpaired) electrons. The molecular formula is C21H21ClN2O6S. The van der Waals surface area contributed by atoms with E-state index in [9.17, 15) is 18.0 Å². The highest BCUT2D eigenvalue weighted by atomic mass is 35.5. The van der Waals surface area contributed by atoms with Crippen molar-refractivity contribution in [3.05, 3.63) is 47.5 Å². The number of sulfonamides is 1. The Morgan fingerprint density at radius 1 is 1.16 bits per heavy atom. The molecule has 1 fully saturated rings. The normalized spacial score (nSPS) is 18.7. The van der Waals surface area contributed by atoms with Crippen LogP contribution < -0.4 is 13.9 Å². The van der Waals surface area contributed by atoms with E-state index >= 15 is 0 Å². The molecule has 10 heteroatoms. The molecule has 0 saturated heterocycles. The molecule has 4 rings (SSSR count). The Kier molecular flexibility index (Phi) is 5.35. The summed E-state index contributed by atoms with van der Waals surface area (Å²) < 4.78 is 38.3. The van der Waals surface area contributed by atoms with E-state index in [-0.39, 0.29) is 22.9 Å². The van der Waals surface area contributed by atoms with Crippen molar-refractivity contribution < 1.29 is 27.5 Å². The van der Waals surface area contributed by atoms with E-state index in [1.54, 1.807) is 6.92 Å². The average Bonchev–Trinajstić information content (AvgIpc) is 2.70. The van der Waals surface area contributed by atoms with Gasteiger partial charge in [-0.3, -0.25) is 4.90 Å². The molecule has 0 unspecified atom stereocenters. The Labute approximate surface area is 185 Å². The molecule has 1 saturated carbocycles. The molecule has 164 valence electrons. The fourth-order valence-corrected chi connectivity index (χ4v) is 5.39. The van der Waals surface area contributed by atoms with Gasteiger partial charge in [-0.05, 0) is 62.6 Å². The van der Waals surface area contributed by atoms with Crippen LogP contribution in [0, 0.1) is 0 Å². The maximum atomic E-state index is 13.2. The summed E-state index contributed by atoms with van der Waals surface area (Å²) >= 11 is 5.89. The second-order valence-corrected chi connectivity index (χ2v) is 9.58. The SMILES string of the molecule is CCOC(=O)C1(Oc2ccc3c(c2)N(C)C(=O)N(c2ccc(Cl)cc2)S3(=O)=O)CCC1. The number of ether oxygens (including phenoxy) is 2. The van der Waals surface area contributed by atoms with Crippen LogP contribution in [0.3, 0.4) is 0 Å². The number of carbonyl (C=O) groups is 2. The number of urea groups is 1. The van der Waals surface area contributed by atoms with E-state index in [0.717, 1.165) is 10.7 Å². The number of fused-ring (bicyclic) bond motifs is 1. The number of nitrogens with zero attached hydrogens (tertiary/aromatic N) is 2. The van der Waals surface area contributed by atoms with Crippen LogP contribution in [-0.2, 0) is 19.6 Å². The molecule has 0 aromatic heterocycles. The van der Waals surface area contributed by atoms with Crippen LogP contribution >= 0.6 is 11.6 Å². The first kappa shape index (κ1) is 21.5. The Bertz CT molecular complexity index is 1140. The lowest BCUT2D eigenvalue weighted by molar-refractivity contribution is -0.169.